The summed E-state index contributed by atoms with van der Waals surface area (Å²) >= 11 is 5.98. The van der Waals surface area contributed by atoms with Gasteiger partial charge in [-0.3, -0.25) is 9.59 Å². The van der Waals surface area contributed by atoms with Crippen LogP contribution >= 0.6 is 11.6 Å². The maximum Gasteiger partial charge on any atom is 0.247 e. The van der Waals surface area contributed by atoms with Crippen molar-refractivity contribution in [3.05, 3.63) is 65.3 Å². The van der Waals surface area contributed by atoms with Crippen molar-refractivity contribution in [3.8, 4) is 0 Å². The minimum Gasteiger partial charge on any atom is -0.356 e. The minimum absolute atomic E-state index is 0.105. The molecule has 0 aliphatic carbocycles. The number of carbonyl (C=O) groups excluding carboxylic acids is 2. The predicted molar refractivity (Wildman–Crippen MR) is 102 cm³/mol. The highest BCUT2D eigenvalue weighted by Crippen LogP contribution is 2.19. The maximum absolute atomic E-state index is 12.3. The number of amides is 1. The largest absolute Gasteiger partial charge is 0.356 e. The molecule has 0 aliphatic heterocycles. The van der Waals surface area contributed by atoms with Crippen LogP contribution in [0.15, 0.2) is 54.7 Å². The zero-order valence-corrected chi connectivity index (χ0v) is 15.1. The van der Waals surface area contributed by atoms with Gasteiger partial charge in [-0.2, -0.15) is 5.10 Å². The first kappa shape index (κ1) is 18.1. The van der Waals surface area contributed by atoms with Crippen LogP contribution in [0.5, 0.6) is 0 Å². The van der Waals surface area contributed by atoms with E-state index in [2.05, 4.69) is 22.5 Å². The molecule has 0 saturated heterocycles. The van der Waals surface area contributed by atoms with Crippen LogP contribution < -0.4 is 5.32 Å². The van der Waals surface area contributed by atoms with Crippen molar-refractivity contribution in [1.82, 2.24) is 15.1 Å². The number of nitrogens with one attached hydrogen (secondary N) is 1. The van der Waals surface area contributed by atoms with Gasteiger partial charge in [-0.25, -0.2) is 4.68 Å². The molecule has 26 heavy (non-hydrogen) atoms. The summed E-state index contributed by atoms with van der Waals surface area (Å²) < 4.78 is 1.31. The van der Waals surface area contributed by atoms with Gasteiger partial charge in [0.25, 0.3) is 0 Å². The number of fused-ring (bicyclic) bond motifs is 1. The fourth-order valence-electron chi connectivity index (χ4n) is 2.77. The van der Waals surface area contributed by atoms with Crippen molar-refractivity contribution >= 4 is 34.3 Å². The lowest BCUT2D eigenvalue weighted by Gasteiger charge is -2.06. The predicted octanol–water partition coefficient (Wildman–Crippen LogP) is 3.86. The standard InChI is InChI=1S/C20H20ClN3O2/c21-17-9-8-16-14-23-24(18(16)13-17)20(26)11-10-19(25)22-12-4-7-15-5-2-1-3-6-15/h1-3,5-6,8-9,13-14H,4,7,10-12H2,(H,22,25). The summed E-state index contributed by atoms with van der Waals surface area (Å²) in [4.78, 5) is 24.3. The van der Waals surface area contributed by atoms with Crippen molar-refractivity contribution in [2.45, 2.75) is 25.7 Å². The summed E-state index contributed by atoms with van der Waals surface area (Å²) in [5, 5.41) is 8.34. The smallest absolute Gasteiger partial charge is 0.247 e. The molecular weight excluding hydrogens is 350 g/mol. The second-order valence-electron chi connectivity index (χ2n) is 6.09. The molecule has 0 bridgehead atoms. The van der Waals surface area contributed by atoms with Crippen LogP contribution in [0.1, 0.15) is 29.6 Å². The fraction of sp³-hybridized carbons (Fsp3) is 0.250. The molecule has 0 atom stereocenters. The Labute approximate surface area is 157 Å². The number of hydrogen-bond donors (Lipinski definition) is 1. The van der Waals surface area contributed by atoms with Gasteiger partial charge in [-0.15, -0.1) is 0 Å². The zero-order valence-electron chi connectivity index (χ0n) is 14.3. The highest BCUT2D eigenvalue weighted by atomic mass is 35.5. The molecule has 0 aliphatic rings. The summed E-state index contributed by atoms with van der Waals surface area (Å²) in [7, 11) is 0. The maximum atomic E-state index is 12.3. The number of nitrogens with zero attached hydrogens (tertiary/aromatic N) is 2. The molecule has 0 unspecified atom stereocenters. The molecule has 0 fully saturated rings. The Balaban J connectivity index is 1.43. The summed E-state index contributed by atoms with van der Waals surface area (Å²) in [6.07, 6.45) is 3.65. The monoisotopic (exact) mass is 369 g/mol. The second kappa shape index (κ2) is 8.63. The van der Waals surface area contributed by atoms with Gasteiger partial charge in [0.15, 0.2) is 0 Å². The van der Waals surface area contributed by atoms with Crippen molar-refractivity contribution in [3.63, 3.8) is 0 Å². The van der Waals surface area contributed by atoms with Crippen LogP contribution in [0.3, 0.4) is 0 Å². The average molecular weight is 370 g/mol. The summed E-state index contributed by atoms with van der Waals surface area (Å²) in [5.41, 5.74) is 1.91. The van der Waals surface area contributed by atoms with Gasteiger partial charge >= 0.3 is 0 Å². The average Bonchev–Trinajstić information content (AvgIpc) is 3.07. The minimum atomic E-state index is -0.221. The van der Waals surface area contributed by atoms with Gasteiger partial charge in [-0.05, 0) is 36.6 Å². The molecule has 3 rings (SSSR count). The lowest BCUT2D eigenvalue weighted by Crippen LogP contribution is -2.26. The van der Waals surface area contributed by atoms with E-state index in [0.717, 1.165) is 18.2 Å². The molecule has 134 valence electrons. The van der Waals surface area contributed by atoms with E-state index in [1.165, 1.54) is 10.2 Å². The van der Waals surface area contributed by atoms with E-state index in [-0.39, 0.29) is 24.7 Å². The van der Waals surface area contributed by atoms with Crippen molar-refractivity contribution in [2.24, 2.45) is 0 Å². The number of benzene rings is 2. The van der Waals surface area contributed by atoms with Crippen molar-refractivity contribution < 1.29 is 9.59 Å². The van der Waals surface area contributed by atoms with Crippen molar-refractivity contribution in [1.29, 1.82) is 0 Å². The summed E-state index contributed by atoms with van der Waals surface area (Å²) in [5.74, 6) is -0.345. The third-order valence-corrected chi connectivity index (χ3v) is 4.38. The van der Waals surface area contributed by atoms with Gasteiger partial charge in [0.2, 0.25) is 11.8 Å². The molecule has 1 N–H and O–H groups in total. The van der Waals surface area contributed by atoms with Crippen LogP contribution in [0.4, 0.5) is 0 Å². The molecule has 2 aromatic carbocycles. The fourth-order valence-corrected chi connectivity index (χ4v) is 2.94. The van der Waals surface area contributed by atoms with Gasteiger partial charge in [0, 0.05) is 29.8 Å². The van der Waals surface area contributed by atoms with Crippen molar-refractivity contribution in [2.75, 3.05) is 6.54 Å². The Morgan fingerprint density at radius 2 is 1.88 bits per heavy atom. The summed E-state index contributed by atoms with van der Waals surface area (Å²) in [6.45, 7) is 0.599. The Hall–Kier alpha value is -2.66. The number of halogens is 1. The van der Waals surface area contributed by atoms with Crippen LogP contribution in [0, 0.1) is 0 Å². The topological polar surface area (TPSA) is 64.0 Å². The Morgan fingerprint density at radius 1 is 1.08 bits per heavy atom. The molecule has 6 heteroatoms. The first-order valence-electron chi connectivity index (χ1n) is 8.60. The van der Waals surface area contributed by atoms with E-state index in [9.17, 15) is 9.59 Å². The van der Waals surface area contributed by atoms with Crippen LogP contribution in [0.25, 0.3) is 10.9 Å². The highest BCUT2D eigenvalue weighted by Gasteiger charge is 2.13. The number of rotatable bonds is 7. The number of aryl methyl sites for hydroxylation is 1. The third kappa shape index (κ3) is 4.70. The molecule has 5 nitrogen and oxygen atoms in total. The van der Waals surface area contributed by atoms with E-state index in [1.54, 1.807) is 18.3 Å². The molecule has 0 radical (unpaired) electrons. The SMILES string of the molecule is O=C(CCC(=O)n1ncc2ccc(Cl)cc21)NCCCc1ccccc1. The summed E-state index contributed by atoms with van der Waals surface area (Å²) in [6, 6.07) is 15.4. The van der Waals surface area contributed by atoms with E-state index in [0.29, 0.717) is 17.1 Å². The zero-order chi connectivity index (χ0) is 18.4. The molecule has 1 heterocycles. The molecular formula is C20H20ClN3O2. The first-order chi connectivity index (χ1) is 12.6. The number of aromatic nitrogens is 2. The molecule has 3 aromatic rings. The van der Waals surface area contributed by atoms with Crippen LogP contribution in [0.2, 0.25) is 5.02 Å². The molecule has 1 aromatic heterocycles. The number of carbonyl (C=O) groups is 2. The normalized spacial score (nSPS) is 10.8. The van der Waals surface area contributed by atoms with E-state index >= 15 is 0 Å². The van der Waals surface area contributed by atoms with Crippen LogP contribution in [-0.4, -0.2) is 28.1 Å². The van der Waals surface area contributed by atoms with Crippen LogP contribution in [-0.2, 0) is 11.2 Å². The Bertz CT molecular complexity index is 906. The lowest BCUT2D eigenvalue weighted by atomic mass is 10.1. The quantitative estimate of drug-likeness (QED) is 0.643. The van der Waals surface area contributed by atoms with E-state index in [1.807, 2.05) is 24.3 Å². The molecule has 0 saturated carbocycles. The van der Waals surface area contributed by atoms with Gasteiger partial charge in [0.05, 0.1) is 11.7 Å². The Kier molecular flexibility index (Phi) is 6.02. The number of hydrogen-bond acceptors (Lipinski definition) is 3. The third-order valence-electron chi connectivity index (χ3n) is 4.14. The molecule has 1 amide bonds. The van der Waals surface area contributed by atoms with E-state index < -0.39 is 0 Å². The highest BCUT2D eigenvalue weighted by molar-refractivity contribution is 6.31. The Morgan fingerprint density at radius 3 is 2.69 bits per heavy atom. The van der Waals surface area contributed by atoms with Gasteiger partial charge in [-0.1, -0.05) is 41.9 Å². The first-order valence-corrected chi connectivity index (χ1v) is 8.98. The van der Waals surface area contributed by atoms with E-state index in [4.69, 9.17) is 11.6 Å². The van der Waals surface area contributed by atoms with Gasteiger partial charge in [0.1, 0.15) is 0 Å². The lowest BCUT2D eigenvalue weighted by molar-refractivity contribution is -0.121. The second-order valence-corrected chi connectivity index (χ2v) is 6.53. The molecule has 0 spiro atoms. The van der Waals surface area contributed by atoms with Gasteiger partial charge < -0.3 is 5.32 Å².